The molecular formula is C32H43N2O6S+. The van der Waals surface area contributed by atoms with E-state index in [2.05, 4.69) is 11.4 Å². The van der Waals surface area contributed by atoms with Gasteiger partial charge in [0.15, 0.2) is 0 Å². The van der Waals surface area contributed by atoms with Crippen molar-refractivity contribution in [2.45, 2.75) is 58.8 Å². The molecule has 0 bridgehead atoms. The Bertz CT molecular complexity index is 1370. The van der Waals surface area contributed by atoms with Crippen LogP contribution in [0.1, 0.15) is 61.6 Å². The summed E-state index contributed by atoms with van der Waals surface area (Å²) < 4.78 is 11.1. The lowest BCUT2D eigenvalue weighted by molar-refractivity contribution is -0.167. The SMILES string of the molecule is COc1ccc(C2SCC(=O)[N@@+](CC(C)(C)C)([C@@]3(C(=O)O)CCNC[C@@H]3C(C)=O)c3ccc(C)cc32)c(OC)c1C. The molecule has 8 nitrogen and oxygen atoms in total. The molecule has 4 rings (SSSR count). The zero-order valence-electron chi connectivity index (χ0n) is 25.4. The minimum atomic E-state index is -1.67. The molecule has 1 saturated heterocycles. The molecule has 0 aliphatic carbocycles. The van der Waals surface area contributed by atoms with Crippen molar-refractivity contribution < 1.29 is 29.0 Å². The van der Waals surface area contributed by atoms with Gasteiger partial charge in [0, 0.05) is 47.7 Å². The van der Waals surface area contributed by atoms with Gasteiger partial charge in [0.05, 0.1) is 31.9 Å². The van der Waals surface area contributed by atoms with Crippen LogP contribution in [0.3, 0.4) is 0 Å². The van der Waals surface area contributed by atoms with E-state index in [0.29, 0.717) is 23.7 Å². The van der Waals surface area contributed by atoms with Crippen LogP contribution in [-0.4, -0.2) is 67.9 Å². The monoisotopic (exact) mass is 583 g/mol. The van der Waals surface area contributed by atoms with E-state index in [4.69, 9.17) is 9.47 Å². The number of methoxy groups -OCH3 is 2. The first kappa shape index (κ1) is 31.1. The highest BCUT2D eigenvalue weighted by Gasteiger charge is 2.69. The zero-order valence-corrected chi connectivity index (χ0v) is 26.2. The fraction of sp³-hybridized carbons (Fsp3) is 0.531. The Morgan fingerprint density at radius 3 is 2.41 bits per heavy atom. The summed E-state index contributed by atoms with van der Waals surface area (Å²) in [6.45, 7) is 12.3. The summed E-state index contributed by atoms with van der Waals surface area (Å²) in [5.41, 5.74) is 2.16. The third-order valence-electron chi connectivity index (χ3n) is 8.63. The number of amides is 1. The van der Waals surface area contributed by atoms with Crippen molar-refractivity contribution in [3.8, 4) is 11.5 Å². The number of carboxylic acid groups (broad SMARTS) is 1. The quantitative estimate of drug-likeness (QED) is 0.437. The van der Waals surface area contributed by atoms with Gasteiger partial charge in [-0.15, -0.1) is 11.8 Å². The second-order valence-corrected chi connectivity index (χ2v) is 13.6. The van der Waals surface area contributed by atoms with Crippen LogP contribution in [0.5, 0.6) is 11.5 Å². The number of nitrogens with zero attached hydrogens (tertiary/aromatic N) is 1. The van der Waals surface area contributed by atoms with Gasteiger partial charge < -0.3 is 19.9 Å². The fourth-order valence-corrected chi connectivity index (χ4v) is 8.32. The molecule has 41 heavy (non-hydrogen) atoms. The number of thioether (sulfide) groups is 1. The van der Waals surface area contributed by atoms with Crippen molar-refractivity contribution in [1.29, 1.82) is 0 Å². The third kappa shape index (κ3) is 5.06. The standard InChI is InChI=1S/C32H42N2O6S/c1-19-9-11-25-23(15-19)29(22-10-12-26(39-7)20(2)28(22)40-8)41-17-27(36)34(25,18-31(4,5)6)32(30(37)38)13-14-33-16-24(32)21(3)35/h9-12,15,24,29,33H,13-14,16-18H2,1-8H3/p+1/t24-,29?,32+,34+/m1/s1. The number of carboxylic acids is 1. The predicted molar refractivity (Wildman–Crippen MR) is 163 cm³/mol. The highest BCUT2D eigenvalue weighted by atomic mass is 32.2. The first-order chi connectivity index (χ1) is 19.2. The minimum Gasteiger partial charge on any atom is -0.496 e. The van der Waals surface area contributed by atoms with E-state index < -0.39 is 27.3 Å². The van der Waals surface area contributed by atoms with Crippen LogP contribution in [0.2, 0.25) is 0 Å². The number of fused-ring (bicyclic) bond motifs is 1. The van der Waals surface area contributed by atoms with Gasteiger partial charge in [-0.3, -0.25) is 4.79 Å². The van der Waals surface area contributed by atoms with Crippen molar-refractivity contribution in [2.24, 2.45) is 11.3 Å². The van der Waals surface area contributed by atoms with Crippen LogP contribution in [0.25, 0.3) is 0 Å². The lowest BCUT2D eigenvalue weighted by atomic mass is 9.70. The molecule has 2 aromatic rings. The van der Waals surface area contributed by atoms with Crippen LogP contribution >= 0.6 is 11.8 Å². The summed E-state index contributed by atoms with van der Waals surface area (Å²) in [7, 11) is 3.24. The normalized spacial score (nSPS) is 26.6. The topological polar surface area (TPSA) is 102 Å². The zero-order chi connectivity index (χ0) is 30.3. The number of Topliss-reactive ketones (excluding diaryl/α,β-unsaturated/α-hetero) is 1. The number of ether oxygens (including phenoxy) is 2. The number of quaternary nitrogens is 1. The predicted octanol–water partition coefficient (Wildman–Crippen LogP) is 5.06. The van der Waals surface area contributed by atoms with Crippen molar-refractivity contribution in [3.05, 3.63) is 52.6 Å². The molecule has 2 aliphatic rings. The van der Waals surface area contributed by atoms with Gasteiger partial charge in [0.2, 0.25) is 5.54 Å². The van der Waals surface area contributed by atoms with E-state index >= 15 is 0 Å². The number of carbonyl (C=O) groups excluding carboxylic acids is 2. The average Bonchev–Trinajstić information content (AvgIpc) is 3.02. The summed E-state index contributed by atoms with van der Waals surface area (Å²) in [5.74, 6) is -0.959. The fourth-order valence-electron chi connectivity index (χ4n) is 7.06. The summed E-state index contributed by atoms with van der Waals surface area (Å²) in [6, 6.07) is 9.83. The highest BCUT2D eigenvalue weighted by molar-refractivity contribution is 8.00. The van der Waals surface area contributed by atoms with Crippen molar-refractivity contribution in [1.82, 2.24) is 9.80 Å². The lowest BCUT2D eigenvalue weighted by Gasteiger charge is -2.54. The van der Waals surface area contributed by atoms with Crippen molar-refractivity contribution >= 4 is 35.1 Å². The maximum Gasteiger partial charge on any atom is 0.367 e. The highest BCUT2D eigenvalue weighted by Crippen LogP contribution is 2.55. The lowest BCUT2D eigenvalue weighted by Crippen LogP contribution is -2.80. The molecule has 2 heterocycles. The number of rotatable bonds is 7. The molecule has 1 amide bonds. The number of hydrogen-bond acceptors (Lipinski definition) is 7. The van der Waals surface area contributed by atoms with Gasteiger partial charge in [0.1, 0.15) is 28.7 Å². The molecule has 1 fully saturated rings. The first-order valence-corrected chi connectivity index (χ1v) is 15.1. The van der Waals surface area contributed by atoms with Crippen LogP contribution in [0, 0.1) is 25.2 Å². The van der Waals surface area contributed by atoms with Gasteiger partial charge in [0.25, 0.3) is 0 Å². The third-order valence-corrected chi connectivity index (χ3v) is 9.89. The largest absolute Gasteiger partial charge is 0.496 e. The van der Waals surface area contributed by atoms with Crippen LogP contribution in [-0.2, 0) is 14.4 Å². The minimum absolute atomic E-state index is 0.0792. The Labute approximate surface area is 247 Å². The summed E-state index contributed by atoms with van der Waals surface area (Å²) in [6.07, 6.45) is 0.155. The Morgan fingerprint density at radius 2 is 1.83 bits per heavy atom. The summed E-state index contributed by atoms with van der Waals surface area (Å²) in [5, 5.41) is 14.1. The van der Waals surface area contributed by atoms with Crippen LogP contribution < -0.4 is 19.3 Å². The molecule has 0 saturated carbocycles. The Kier molecular flexibility index (Phi) is 8.65. The molecule has 222 valence electrons. The van der Waals surface area contributed by atoms with E-state index in [-0.39, 0.29) is 42.2 Å². The van der Waals surface area contributed by atoms with Gasteiger partial charge in [-0.1, -0.05) is 38.5 Å². The maximum atomic E-state index is 14.8. The molecule has 2 aliphatic heterocycles. The maximum absolute atomic E-state index is 14.8. The number of ketones is 1. The number of nitrogens with one attached hydrogen (secondary N) is 1. The molecular weight excluding hydrogens is 540 g/mol. The number of aryl methyl sites for hydroxylation is 1. The molecule has 0 radical (unpaired) electrons. The number of carbonyl (C=O) groups is 3. The van der Waals surface area contributed by atoms with E-state index in [0.717, 1.165) is 22.3 Å². The first-order valence-electron chi connectivity index (χ1n) is 14.1. The Hall–Kier alpha value is -2.88. The van der Waals surface area contributed by atoms with Gasteiger partial charge in [-0.2, -0.15) is 0 Å². The van der Waals surface area contributed by atoms with Crippen molar-refractivity contribution in [2.75, 3.05) is 39.6 Å². The van der Waals surface area contributed by atoms with E-state index in [1.807, 2.05) is 58.9 Å². The molecule has 0 aromatic heterocycles. The van der Waals surface area contributed by atoms with Gasteiger partial charge in [-0.25, -0.2) is 14.1 Å². The Morgan fingerprint density at radius 1 is 1.12 bits per heavy atom. The van der Waals surface area contributed by atoms with E-state index in [1.165, 1.54) is 18.7 Å². The van der Waals surface area contributed by atoms with Gasteiger partial charge in [-0.05, 0) is 32.9 Å². The van der Waals surface area contributed by atoms with Crippen LogP contribution in [0.4, 0.5) is 5.69 Å². The van der Waals surface area contributed by atoms with Crippen LogP contribution in [0.15, 0.2) is 30.3 Å². The average molecular weight is 584 g/mol. The summed E-state index contributed by atoms with van der Waals surface area (Å²) in [4.78, 5) is 41.8. The second kappa shape index (κ2) is 11.4. The van der Waals surface area contributed by atoms with Crippen molar-refractivity contribution in [3.63, 3.8) is 0 Å². The Balaban J connectivity index is 2.14. The van der Waals surface area contributed by atoms with Gasteiger partial charge >= 0.3 is 11.9 Å². The smallest absolute Gasteiger partial charge is 0.367 e. The molecule has 2 aromatic carbocycles. The second-order valence-electron chi connectivity index (χ2n) is 12.5. The number of hydrogen-bond donors (Lipinski definition) is 2. The van der Waals surface area contributed by atoms with E-state index in [9.17, 15) is 19.5 Å². The molecule has 0 spiro atoms. The molecule has 9 heteroatoms. The molecule has 1 unspecified atom stereocenters. The number of piperidine rings is 1. The molecule has 4 atom stereocenters. The molecule has 2 N–H and O–H groups in total. The number of aliphatic carboxylic acids is 1. The van der Waals surface area contributed by atoms with E-state index in [1.54, 1.807) is 14.2 Å². The number of benzene rings is 2. The summed E-state index contributed by atoms with van der Waals surface area (Å²) >= 11 is 1.48.